The Bertz CT molecular complexity index is 245. The van der Waals surface area contributed by atoms with E-state index in [0.717, 1.165) is 6.42 Å². The van der Waals surface area contributed by atoms with Crippen LogP contribution >= 0.6 is 0 Å². The fourth-order valence-corrected chi connectivity index (χ4v) is 2.70. The molecule has 2 rings (SSSR count). The Hall–Kier alpha value is -0.570. The van der Waals surface area contributed by atoms with Crippen molar-refractivity contribution < 1.29 is 9.53 Å². The van der Waals surface area contributed by atoms with Crippen molar-refractivity contribution in [1.82, 2.24) is 5.32 Å². The van der Waals surface area contributed by atoms with Gasteiger partial charge in [0, 0.05) is 6.04 Å². The summed E-state index contributed by atoms with van der Waals surface area (Å²) >= 11 is 0. The van der Waals surface area contributed by atoms with Gasteiger partial charge in [0.15, 0.2) is 0 Å². The molecule has 2 fully saturated rings. The number of carbonyl (C=O) groups excluding carboxylic acids is 1. The Balaban J connectivity index is 1.88. The first-order valence-corrected chi connectivity index (χ1v) is 5.94. The van der Waals surface area contributed by atoms with Gasteiger partial charge in [-0.15, -0.1) is 0 Å². The maximum Gasteiger partial charge on any atom is 0.323 e. The van der Waals surface area contributed by atoms with Gasteiger partial charge < -0.3 is 10.1 Å². The summed E-state index contributed by atoms with van der Waals surface area (Å²) in [5.74, 6) is 0.638. The number of nitrogens with one attached hydrogen (secondary N) is 1. The first-order valence-electron chi connectivity index (χ1n) is 5.94. The van der Waals surface area contributed by atoms with Gasteiger partial charge in [-0.2, -0.15) is 0 Å². The van der Waals surface area contributed by atoms with Crippen molar-refractivity contribution in [3.05, 3.63) is 0 Å². The van der Waals surface area contributed by atoms with Gasteiger partial charge in [-0.3, -0.25) is 4.79 Å². The molecule has 3 heteroatoms. The van der Waals surface area contributed by atoms with Crippen molar-refractivity contribution in [2.24, 2.45) is 5.92 Å². The monoisotopic (exact) mass is 211 g/mol. The Kier molecular flexibility index (Phi) is 2.75. The molecule has 2 aliphatic rings. The lowest BCUT2D eigenvalue weighted by molar-refractivity contribution is -0.157. The molecule has 1 aliphatic carbocycles. The van der Waals surface area contributed by atoms with E-state index in [9.17, 15) is 4.79 Å². The fraction of sp³-hybridized carbons (Fsp3) is 0.917. The Labute approximate surface area is 91.6 Å². The van der Waals surface area contributed by atoms with Crippen molar-refractivity contribution in [3.63, 3.8) is 0 Å². The quantitative estimate of drug-likeness (QED) is 0.673. The second kappa shape index (κ2) is 3.78. The molecule has 0 aromatic heterocycles. The van der Waals surface area contributed by atoms with Gasteiger partial charge >= 0.3 is 5.97 Å². The second-order valence-electron chi connectivity index (χ2n) is 5.79. The fourth-order valence-electron chi connectivity index (χ4n) is 2.70. The molecule has 0 bridgehead atoms. The molecule has 1 saturated heterocycles. The first kappa shape index (κ1) is 10.9. The molecule has 1 saturated carbocycles. The maximum atomic E-state index is 11.8. The molecule has 15 heavy (non-hydrogen) atoms. The number of esters is 1. The SMILES string of the molecule is CC(C)(C)OC(=O)[C@@H]1C[C@@H]2CCC[C@@H]2N1. The number of hydrogen-bond acceptors (Lipinski definition) is 3. The molecule has 3 atom stereocenters. The predicted molar refractivity (Wildman–Crippen MR) is 58.5 cm³/mol. The van der Waals surface area contributed by atoms with E-state index in [-0.39, 0.29) is 17.6 Å². The van der Waals surface area contributed by atoms with Crippen LogP contribution in [0.5, 0.6) is 0 Å². The average molecular weight is 211 g/mol. The zero-order valence-corrected chi connectivity index (χ0v) is 9.88. The lowest BCUT2D eigenvalue weighted by Crippen LogP contribution is -2.39. The van der Waals surface area contributed by atoms with Crippen molar-refractivity contribution in [1.29, 1.82) is 0 Å². The Morgan fingerprint density at radius 1 is 1.33 bits per heavy atom. The van der Waals surface area contributed by atoms with Crippen LogP contribution in [0.15, 0.2) is 0 Å². The van der Waals surface area contributed by atoms with Crippen LogP contribution in [0.1, 0.15) is 46.5 Å². The number of carbonyl (C=O) groups is 1. The molecule has 1 heterocycles. The molecular formula is C12H21NO2. The average Bonchev–Trinajstić information content (AvgIpc) is 2.56. The maximum absolute atomic E-state index is 11.8. The summed E-state index contributed by atoms with van der Waals surface area (Å²) in [5.41, 5.74) is -0.365. The smallest absolute Gasteiger partial charge is 0.323 e. The summed E-state index contributed by atoms with van der Waals surface area (Å²) in [5, 5.41) is 3.40. The lowest BCUT2D eigenvalue weighted by Gasteiger charge is -2.22. The van der Waals surface area contributed by atoms with Crippen molar-refractivity contribution in [2.75, 3.05) is 0 Å². The Morgan fingerprint density at radius 3 is 2.67 bits per heavy atom. The Morgan fingerprint density at radius 2 is 2.07 bits per heavy atom. The van der Waals surface area contributed by atoms with Crippen LogP contribution in [0.3, 0.4) is 0 Å². The van der Waals surface area contributed by atoms with Gasteiger partial charge in [0.2, 0.25) is 0 Å². The third-order valence-corrected chi connectivity index (χ3v) is 3.30. The molecular weight excluding hydrogens is 190 g/mol. The molecule has 86 valence electrons. The summed E-state index contributed by atoms with van der Waals surface area (Å²) < 4.78 is 5.39. The first-order chi connectivity index (χ1) is 6.96. The summed E-state index contributed by atoms with van der Waals surface area (Å²) in [6.07, 6.45) is 4.78. The molecule has 3 nitrogen and oxygen atoms in total. The number of fused-ring (bicyclic) bond motifs is 1. The van der Waals surface area contributed by atoms with E-state index >= 15 is 0 Å². The minimum Gasteiger partial charge on any atom is -0.459 e. The summed E-state index contributed by atoms with van der Waals surface area (Å²) in [6, 6.07) is 0.516. The summed E-state index contributed by atoms with van der Waals surface area (Å²) in [6.45, 7) is 5.75. The van der Waals surface area contributed by atoms with Crippen LogP contribution < -0.4 is 5.32 Å². The molecule has 0 radical (unpaired) electrons. The van der Waals surface area contributed by atoms with Gasteiger partial charge in [-0.1, -0.05) is 6.42 Å². The zero-order valence-electron chi connectivity index (χ0n) is 9.88. The van der Waals surface area contributed by atoms with Crippen molar-refractivity contribution in [3.8, 4) is 0 Å². The highest BCUT2D eigenvalue weighted by Gasteiger charge is 2.41. The summed E-state index contributed by atoms with van der Waals surface area (Å²) in [4.78, 5) is 11.8. The molecule has 0 amide bonds. The van der Waals surface area contributed by atoms with E-state index in [4.69, 9.17) is 4.74 Å². The minimum absolute atomic E-state index is 0.0560. The van der Waals surface area contributed by atoms with E-state index in [1.165, 1.54) is 19.3 Å². The number of ether oxygens (including phenoxy) is 1. The molecule has 1 aliphatic heterocycles. The van der Waals surface area contributed by atoms with Crippen LogP contribution in [0.2, 0.25) is 0 Å². The summed E-state index contributed by atoms with van der Waals surface area (Å²) in [7, 11) is 0. The molecule has 0 aromatic rings. The highest BCUT2D eigenvalue weighted by Crippen LogP contribution is 2.35. The predicted octanol–water partition coefficient (Wildman–Crippen LogP) is 1.86. The number of rotatable bonds is 1. The van der Waals surface area contributed by atoms with E-state index < -0.39 is 0 Å². The van der Waals surface area contributed by atoms with Crippen LogP contribution in [0.4, 0.5) is 0 Å². The largest absolute Gasteiger partial charge is 0.459 e. The van der Waals surface area contributed by atoms with Gasteiger partial charge in [-0.05, 0) is 46.0 Å². The van der Waals surface area contributed by atoms with Gasteiger partial charge in [0.1, 0.15) is 11.6 Å². The van der Waals surface area contributed by atoms with E-state index in [1.807, 2.05) is 20.8 Å². The molecule has 0 spiro atoms. The molecule has 0 unspecified atom stereocenters. The van der Waals surface area contributed by atoms with Crippen molar-refractivity contribution in [2.45, 2.75) is 64.1 Å². The molecule has 1 N–H and O–H groups in total. The topological polar surface area (TPSA) is 38.3 Å². The van der Waals surface area contributed by atoms with E-state index in [1.54, 1.807) is 0 Å². The lowest BCUT2D eigenvalue weighted by atomic mass is 10.0. The normalized spacial score (nSPS) is 35.3. The van der Waals surface area contributed by atoms with Crippen LogP contribution in [0, 0.1) is 5.92 Å². The minimum atomic E-state index is -0.365. The molecule has 0 aromatic carbocycles. The van der Waals surface area contributed by atoms with E-state index in [0.29, 0.717) is 12.0 Å². The van der Waals surface area contributed by atoms with Crippen LogP contribution in [-0.2, 0) is 9.53 Å². The zero-order chi connectivity index (χ0) is 11.1. The second-order valence-corrected chi connectivity index (χ2v) is 5.79. The standard InChI is InChI=1S/C12H21NO2/c1-12(2,3)15-11(14)10-7-8-5-4-6-9(8)13-10/h8-10,13H,4-7H2,1-3H3/t8-,9-,10-/m0/s1. The van der Waals surface area contributed by atoms with Crippen LogP contribution in [-0.4, -0.2) is 23.7 Å². The van der Waals surface area contributed by atoms with Gasteiger partial charge in [0.25, 0.3) is 0 Å². The third kappa shape index (κ3) is 2.51. The van der Waals surface area contributed by atoms with E-state index in [2.05, 4.69) is 5.32 Å². The van der Waals surface area contributed by atoms with Crippen molar-refractivity contribution >= 4 is 5.97 Å². The third-order valence-electron chi connectivity index (χ3n) is 3.30. The van der Waals surface area contributed by atoms with Crippen LogP contribution in [0.25, 0.3) is 0 Å². The highest BCUT2D eigenvalue weighted by atomic mass is 16.6. The van der Waals surface area contributed by atoms with Gasteiger partial charge in [-0.25, -0.2) is 0 Å². The van der Waals surface area contributed by atoms with Gasteiger partial charge in [0.05, 0.1) is 0 Å². The highest BCUT2D eigenvalue weighted by molar-refractivity contribution is 5.76. The number of hydrogen-bond donors (Lipinski definition) is 1.